The van der Waals surface area contributed by atoms with Crippen molar-refractivity contribution >= 4 is 17.7 Å². The maximum Gasteiger partial charge on any atom is 0.323 e. The summed E-state index contributed by atoms with van der Waals surface area (Å²) in [6, 6.07) is 0.415. The molecule has 0 aliphatic heterocycles. The van der Waals surface area contributed by atoms with Gasteiger partial charge in [0, 0.05) is 31.2 Å². The molecule has 2 rings (SSSR count). The van der Waals surface area contributed by atoms with Gasteiger partial charge in [0.05, 0.1) is 0 Å². The maximum absolute atomic E-state index is 11.4. The van der Waals surface area contributed by atoms with Crippen molar-refractivity contribution in [2.45, 2.75) is 55.8 Å². The minimum Gasteiger partial charge on any atom is -0.480 e. The number of hydrogen-bond acceptors (Lipinski definition) is 4. The largest absolute Gasteiger partial charge is 0.480 e. The van der Waals surface area contributed by atoms with Crippen LogP contribution in [0.4, 0.5) is 0 Å². The number of nitrogens with one attached hydrogen (secondary N) is 1. The van der Waals surface area contributed by atoms with Crippen LogP contribution in [0.1, 0.15) is 39.0 Å². The van der Waals surface area contributed by atoms with Gasteiger partial charge in [0.2, 0.25) is 0 Å². The monoisotopic (exact) mass is 297 g/mol. The molecule has 0 radical (unpaired) electrons. The molecule has 1 unspecified atom stereocenters. The maximum atomic E-state index is 11.4. The van der Waals surface area contributed by atoms with Crippen molar-refractivity contribution in [1.82, 2.24) is 14.9 Å². The summed E-state index contributed by atoms with van der Waals surface area (Å²) in [5.41, 5.74) is -0.769. The summed E-state index contributed by atoms with van der Waals surface area (Å²) in [7, 11) is 1.98. The lowest BCUT2D eigenvalue weighted by Gasteiger charge is -2.26. The molecule has 6 heteroatoms. The fourth-order valence-electron chi connectivity index (χ4n) is 2.15. The highest BCUT2D eigenvalue weighted by Gasteiger charge is 2.37. The van der Waals surface area contributed by atoms with Gasteiger partial charge in [-0.05, 0) is 32.6 Å². The molecule has 20 heavy (non-hydrogen) atoms. The number of imidazole rings is 1. The van der Waals surface area contributed by atoms with Gasteiger partial charge in [0.25, 0.3) is 0 Å². The van der Waals surface area contributed by atoms with E-state index in [1.807, 2.05) is 17.8 Å². The minimum atomic E-state index is -0.769. The fraction of sp³-hybridized carbons (Fsp3) is 0.714. The van der Waals surface area contributed by atoms with E-state index in [4.69, 9.17) is 0 Å². The predicted molar refractivity (Wildman–Crippen MR) is 80.0 cm³/mol. The lowest BCUT2D eigenvalue weighted by Crippen LogP contribution is -2.50. The molecule has 0 spiro atoms. The number of hydrogen-bond donors (Lipinski definition) is 2. The Hall–Kier alpha value is -1.01. The second-order valence-electron chi connectivity index (χ2n) is 5.68. The van der Waals surface area contributed by atoms with Crippen LogP contribution >= 0.6 is 11.8 Å². The molecule has 0 aromatic carbocycles. The summed E-state index contributed by atoms with van der Waals surface area (Å²) < 4.78 is 2.00. The second kappa shape index (κ2) is 6.63. The number of carboxylic acids is 1. The lowest BCUT2D eigenvalue weighted by molar-refractivity contribution is -0.144. The Morgan fingerprint density at radius 3 is 2.90 bits per heavy atom. The van der Waals surface area contributed by atoms with Crippen LogP contribution in [0.15, 0.2) is 17.6 Å². The average Bonchev–Trinajstić information content (AvgIpc) is 3.10. The van der Waals surface area contributed by atoms with Crippen LogP contribution in [0.2, 0.25) is 0 Å². The van der Waals surface area contributed by atoms with Crippen molar-refractivity contribution in [1.29, 1.82) is 0 Å². The van der Waals surface area contributed by atoms with E-state index in [1.54, 1.807) is 24.9 Å². The molecular formula is C14H23N3O2S. The standard InChI is InChI=1S/C14H23N3O2S/c1-14(12(18)19,16-11-5-6-11)7-3-4-10-20-13-15-8-9-17(13)2/h8-9,11,16H,3-7,10H2,1-2H3,(H,18,19). The third-order valence-electron chi connectivity index (χ3n) is 3.65. The number of aromatic nitrogens is 2. The Bertz CT molecular complexity index is 459. The van der Waals surface area contributed by atoms with Crippen LogP contribution in [0.25, 0.3) is 0 Å². The molecule has 1 atom stereocenters. The minimum absolute atomic E-state index is 0.415. The van der Waals surface area contributed by atoms with E-state index in [9.17, 15) is 9.90 Å². The zero-order valence-corrected chi connectivity index (χ0v) is 12.9. The topological polar surface area (TPSA) is 67.2 Å². The van der Waals surface area contributed by atoms with Gasteiger partial charge < -0.3 is 9.67 Å². The molecule has 1 heterocycles. The van der Waals surface area contributed by atoms with Gasteiger partial charge in [0.1, 0.15) is 5.54 Å². The van der Waals surface area contributed by atoms with E-state index in [0.717, 1.165) is 36.6 Å². The Labute approximate surface area is 124 Å². The van der Waals surface area contributed by atoms with Crippen molar-refractivity contribution < 1.29 is 9.90 Å². The molecule has 0 saturated heterocycles. The summed E-state index contributed by atoms with van der Waals surface area (Å²) in [4.78, 5) is 15.7. The van der Waals surface area contributed by atoms with E-state index in [1.165, 1.54) is 0 Å². The third-order valence-corrected chi connectivity index (χ3v) is 4.80. The quantitative estimate of drug-likeness (QED) is 0.541. The molecule has 1 aliphatic carbocycles. The summed E-state index contributed by atoms with van der Waals surface area (Å²) in [6.07, 6.45) is 8.55. The van der Waals surface area contributed by atoms with Gasteiger partial charge in [0.15, 0.2) is 5.16 Å². The van der Waals surface area contributed by atoms with Gasteiger partial charge in [-0.25, -0.2) is 4.98 Å². The van der Waals surface area contributed by atoms with Gasteiger partial charge in [-0.3, -0.25) is 10.1 Å². The van der Waals surface area contributed by atoms with Crippen LogP contribution in [0.5, 0.6) is 0 Å². The van der Waals surface area contributed by atoms with Crippen LogP contribution < -0.4 is 5.32 Å². The van der Waals surface area contributed by atoms with Crippen molar-refractivity contribution in [2.75, 3.05) is 5.75 Å². The van der Waals surface area contributed by atoms with Gasteiger partial charge >= 0.3 is 5.97 Å². The molecule has 1 fully saturated rings. The number of rotatable bonds is 9. The zero-order chi connectivity index (χ0) is 14.6. The summed E-state index contributed by atoms with van der Waals surface area (Å²) >= 11 is 1.72. The number of carbonyl (C=O) groups is 1. The van der Waals surface area contributed by atoms with E-state index in [0.29, 0.717) is 12.5 Å². The molecule has 1 saturated carbocycles. The average molecular weight is 297 g/mol. The number of nitrogens with zero attached hydrogens (tertiary/aromatic N) is 2. The van der Waals surface area contributed by atoms with E-state index in [2.05, 4.69) is 10.3 Å². The predicted octanol–water partition coefficient (Wildman–Crippen LogP) is 2.28. The Morgan fingerprint density at radius 1 is 1.60 bits per heavy atom. The van der Waals surface area contributed by atoms with Crippen molar-refractivity contribution in [3.63, 3.8) is 0 Å². The van der Waals surface area contributed by atoms with Crippen LogP contribution in [-0.4, -0.2) is 38.0 Å². The first-order valence-electron chi connectivity index (χ1n) is 7.12. The lowest BCUT2D eigenvalue weighted by atomic mass is 9.95. The van der Waals surface area contributed by atoms with Crippen LogP contribution in [0, 0.1) is 0 Å². The smallest absolute Gasteiger partial charge is 0.323 e. The van der Waals surface area contributed by atoms with Crippen molar-refractivity contribution in [3.05, 3.63) is 12.4 Å². The van der Waals surface area contributed by atoms with Gasteiger partial charge in [-0.1, -0.05) is 18.2 Å². The second-order valence-corrected chi connectivity index (χ2v) is 6.74. The first kappa shape index (κ1) is 15.4. The Balaban J connectivity index is 1.68. The molecule has 0 bridgehead atoms. The van der Waals surface area contributed by atoms with Crippen LogP contribution in [0.3, 0.4) is 0 Å². The molecule has 1 aromatic rings. The molecule has 2 N–H and O–H groups in total. The molecule has 5 nitrogen and oxygen atoms in total. The van der Waals surface area contributed by atoms with E-state index < -0.39 is 11.5 Å². The van der Waals surface area contributed by atoms with Crippen LogP contribution in [-0.2, 0) is 11.8 Å². The number of thioether (sulfide) groups is 1. The Kier molecular flexibility index (Phi) is 5.10. The first-order valence-corrected chi connectivity index (χ1v) is 8.11. The zero-order valence-electron chi connectivity index (χ0n) is 12.1. The number of carboxylic acid groups (broad SMARTS) is 1. The molecule has 0 amide bonds. The SMILES string of the molecule is Cn1ccnc1SCCCCC(C)(NC1CC1)C(=O)O. The van der Waals surface area contributed by atoms with Crippen molar-refractivity contribution in [2.24, 2.45) is 7.05 Å². The molecule has 112 valence electrons. The number of unbranched alkanes of at least 4 members (excludes halogenated alkanes) is 1. The number of aryl methyl sites for hydroxylation is 1. The highest BCUT2D eigenvalue weighted by molar-refractivity contribution is 7.99. The first-order chi connectivity index (χ1) is 9.51. The summed E-state index contributed by atoms with van der Waals surface area (Å²) in [5.74, 6) is 0.241. The molecular weight excluding hydrogens is 274 g/mol. The normalized spacial score (nSPS) is 17.9. The van der Waals surface area contributed by atoms with E-state index >= 15 is 0 Å². The highest BCUT2D eigenvalue weighted by atomic mass is 32.2. The number of aliphatic carboxylic acids is 1. The fourth-order valence-corrected chi connectivity index (χ4v) is 3.09. The summed E-state index contributed by atoms with van der Waals surface area (Å²) in [6.45, 7) is 1.81. The molecule has 1 aliphatic rings. The van der Waals surface area contributed by atoms with E-state index in [-0.39, 0.29) is 0 Å². The molecule has 1 aromatic heterocycles. The van der Waals surface area contributed by atoms with Gasteiger partial charge in [-0.2, -0.15) is 0 Å². The Morgan fingerprint density at radius 2 is 2.35 bits per heavy atom. The third kappa shape index (κ3) is 4.24. The van der Waals surface area contributed by atoms with Crippen molar-refractivity contribution in [3.8, 4) is 0 Å². The highest BCUT2D eigenvalue weighted by Crippen LogP contribution is 2.26. The van der Waals surface area contributed by atoms with Gasteiger partial charge in [-0.15, -0.1) is 0 Å². The summed E-state index contributed by atoms with van der Waals surface area (Å²) in [5, 5.41) is 13.6.